The third kappa shape index (κ3) is 4.92. The van der Waals surface area contributed by atoms with E-state index in [1.165, 1.54) is 19.8 Å². The van der Waals surface area contributed by atoms with Crippen LogP contribution in [-0.2, 0) is 5.41 Å². The van der Waals surface area contributed by atoms with Gasteiger partial charge >= 0.3 is 5.97 Å². The molecule has 35 heavy (non-hydrogen) atoms. The van der Waals surface area contributed by atoms with Crippen molar-refractivity contribution in [2.24, 2.45) is 0 Å². The van der Waals surface area contributed by atoms with Crippen LogP contribution in [0.25, 0.3) is 6.08 Å². The Morgan fingerprint density at radius 3 is 2.23 bits per heavy atom. The third-order valence-electron chi connectivity index (χ3n) is 5.85. The van der Waals surface area contributed by atoms with Gasteiger partial charge in [0.1, 0.15) is 11.5 Å². The molecule has 4 rings (SSSR count). The molecule has 0 fully saturated rings. The van der Waals surface area contributed by atoms with E-state index in [2.05, 4.69) is 32.9 Å². The lowest BCUT2D eigenvalue weighted by molar-refractivity contribution is 0.0734. The molecule has 3 aromatic carbocycles. The van der Waals surface area contributed by atoms with Crippen LogP contribution in [0.5, 0.6) is 23.0 Å². The first kappa shape index (κ1) is 24.1. The Labute approximate surface area is 205 Å². The van der Waals surface area contributed by atoms with Crippen molar-refractivity contribution in [1.29, 1.82) is 0 Å². The highest BCUT2D eigenvalue weighted by Crippen LogP contribution is 2.38. The van der Waals surface area contributed by atoms with E-state index in [0.29, 0.717) is 33.9 Å². The van der Waals surface area contributed by atoms with Gasteiger partial charge in [-0.05, 0) is 59.4 Å². The molecule has 0 spiro atoms. The average molecular weight is 473 g/mol. The number of hydrogen-bond acceptors (Lipinski definition) is 6. The van der Waals surface area contributed by atoms with Gasteiger partial charge in [-0.3, -0.25) is 4.79 Å². The van der Waals surface area contributed by atoms with Gasteiger partial charge in [-0.2, -0.15) is 0 Å². The predicted molar refractivity (Wildman–Crippen MR) is 134 cm³/mol. The van der Waals surface area contributed by atoms with Crippen LogP contribution in [-0.4, -0.2) is 26.0 Å². The molecule has 1 heterocycles. The number of fused-ring (bicyclic) bond motifs is 1. The number of Topliss-reactive ketones (excluding diaryl/α,β-unsaturated/α-hetero) is 1. The Hall–Kier alpha value is -4.06. The second-order valence-electron chi connectivity index (χ2n) is 9.38. The van der Waals surface area contributed by atoms with E-state index in [1.807, 2.05) is 12.1 Å². The van der Waals surface area contributed by atoms with Crippen LogP contribution in [0.2, 0.25) is 0 Å². The minimum atomic E-state index is -0.565. The second-order valence-corrected chi connectivity index (χ2v) is 9.38. The maximum Gasteiger partial charge on any atom is 0.343 e. The minimum Gasteiger partial charge on any atom is -0.493 e. The van der Waals surface area contributed by atoms with Crippen LogP contribution in [0.1, 0.15) is 58.2 Å². The standard InChI is InChI=1S/C29H28O6/c1-17-13-21(34-28(31)19-9-12-22(32-5)23(15-19)33-6)16-24-26(17)27(30)25(35-24)14-18-7-10-20(11-8-18)29(2,3)4/h7-16H,1-6H3/b25-14-. The summed E-state index contributed by atoms with van der Waals surface area (Å²) in [6.45, 7) is 8.24. The maximum absolute atomic E-state index is 13.0. The first-order valence-electron chi connectivity index (χ1n) is 11.2. The van der Waals surface area contributed by atoms with Crippen molar-refractivity contribution in [1.82, 2.24) is 0 Å². The van der Waals surface area contributed by atoms with Crippen molar-refractivity contribution in [3.63, 3.8) is 0 Å². The minimum absolute atomic E-state index is 0.0451. The molecule has 180 valence electrons. The van der Waals surface area contributed by atoms with Gasteiger partial charge in [0.15, 0.2) is 17.3 Å². The van der Waals surface area contributed by atoms with Crippen molar-refractivity contribution in [2.45, 2.75) is 33.1 Å². The molecule has 0 unspecified atom stereocenters. The van der Waals surface area contributed by atoms with E-state index >= 15 is 0 Å². The van der Waals surface area contributed by atoms with Gasteiger partial charge in [0.05, 0.1) is 25.3 Å². The van der Waals surface area contributed by atoms with Crippen molar-refractivity contribution >= 4 is 17.8 Å². The van der Waals surface area contributed by atoms with Crippen molar-refractivity contribution in [2.75, 3.05) is 14.2 Å². The van der Waals surface area contributed by atoms with Crippen LogP contribution in [0.4, 0.5) is 0 Å². The summed E-state index contributed by atoms with van der Waals surface area (Å²) in [5.41, 5.74) is 3.55. The molecule has 0 aliphatic carbocycles. The predicted octanol–water partition coefficient (Wildman–Crippen LogP) is 6.15. The molecule has 0 saturated carbocycles. The number of benzene rings is 3. The van der Waals surface area contributed by atoms with Crippen LogP contribution < -0.4 is 18.9 Å². The van der Waals surface area contributed by atoms with E-state index in [4.69, 9.17) is 18.9 Å². The quantitative estimate of drug-likeness (QED) is 0.252. The molecule has 0 aromatic heterocycles. The zero-order valence-electron chi connectivity index (χ0n) is 20.7. The Balaban J connectivity index is 1.56. The lowest BCUT2D eigenvalue weighted by Crippen LogP contribution is -2.10. The van der Waals surface area contributed by atoms with E-state index in [0.717, 1.165) is 5.56 Å². The number of allylic oxidation sites excluding steroid dienone is 1. The number of methoxy groups -OCH3 is 2. The molecule has 0 amide bonds. The van der Waals surface area contributed by atoms with Crippen LogP contribution in [0, 0.1) is 6.92 Å². The molecule has 6 nitrogen and oxygen atoms in total. The fraction of sp³-hybridized carbons (Fsp3) is 0.241. The van der Waals surface area contributed by atoms with E-state index < -0.39 is 5.97 Å². The summed E-state index contributed by atoms with van der Waals surface area (Å²) in [6, 6.07) is 16.0. The first-order valence-corrected chi connectivity index (χ1v) is 11.2. The van der Waals surface area contributed by atoms with Gasteiger partial charge in [0.2, 0.25) is 5.78 Å². The lowest BCUT2D eigenvalue weighted by Gasteiger charge is -2.18. The van der Waals surface area contributed by atoms with E-state index in [9.17, 15) is 9.59 Å². The summed E-state index contributed by atoms with van der Waals surface area (Å²) in [4.78, 5) is 25.7. The Bertz CT molecular complexity index is 1330. The van der Waals surface area contributed by atoms with Gasteiger partial charge in [-0.25, -0.2) is 4.79 Å². The zero-order chi connectivity index (χ0) is 25.3. The molecule has 1 aliphatic rings. The number of carbonyl (C=O) groups is 2. The SMILES string of the molecule is COc1ccc(C(=O)Oc2cc(C)c3c(c2)O/C(=C\c2ccc(C(C)(C)C)cc2)C3=O)cc1OC. The number of esters is 1. The molecular formula is C29H28O6. The van der Waals surface area contributed by atoms with Gasteiger partial charge in [-0.1, -0.05) is 45.0 Å². The highest BCUT2D eigenvalue weighted by molar-refractivity contribution is 6.15. The molecule has 0 saturated heterocycles. The largest absolute Gasteiger partial charge is 0.493 e. The fourth-order valence-corrected chi connectivity index (χ4v) is 3.90. The summed E-state index contributed by atoms with van der Waals surface area (Å²) < 4.78 is 21.9. The molecule has 0 bridgehead atoms. The number of carbonyl (C=O) groups excluding carboxylic acids is 2. The second kappa shape index (κ2) is 9.29. The summed E-state index contributed by atoms with van der Waals surface area (Å²) in [6.07, 6.45) is 1.73. The summed E-state index contributed by atoms with van der Waals surface area (Å²) in [5, 5.41) is 0. The summed E-state index contributed by atoms with van der Waals surface area (Å²) in [5.74, 6) is 1.05. The normalized spacial score (nSPS) is 13.9. The fourth-order valence-electron chi connectivity index (χ4n) is 3.90. The van der Waals surface area contributed by atoms with Crippen molar-refractivity contribution in [3.05, 3.63) is 88.2 Å². The molecule has 6 heteroatoms. The molecule has 0 atom stereocenters. The number of hydrogen-bond donors (Lipinski definition) is 0. The highest BCUT2D eigenvalue weighted by Gasteiger charge is 2.30. The third-order valence-corrected chi connectivity index (χ3v) is 5.85. The Morgan fingerprint density at radius 2 is 1.60 bits per heavy atom. The molecule has 0 radical (unpaired) electrons. The number of ketones is 1. The van der Waals surface area contributed by atoms with Crippen LogP contribution in [0.15, 0.2) is 60.4 Å². The van der Waals surface area contributed by atoms with Gasteiger partial charge in [0, 0.05) is 6.07 Å². The smallest absolute Gasteiger partial charge is 0.343 e. The average Bonchev–Trinajstić information content (AvgIpc) is 3.13. The van der Waals surface area contributed by atoms with Crippen LogP contribution >= 0.6 is 0 Å². The molecule has 0 N–H and O–H groups in total. The molecule has 3 aromatic rings. The van der Waals surface area contributed by atoms with Crippen molar-refractivity contribution < 1.29 is 28.5 Å². The topological polar surface area (TPSA) is 71.1 Å². The first-order chi connectivity index (χ1) is 16.6. The zero-order valence-corrected chi connectivity index (χ0v) is 20.7. The van der Waals surface area contributed by atoms with Gasteiger partial charge in [0.25, 0.3) is 0 Å². The number of aryl methyl sites for hydroxylation is 1. The van der Waals surface area contributed by atoms with Crippen LogP contribution in [0.3, 0.4) is 0 Å². The maximum atomic E-state index is 13.0. The van der Waals surface area contributed by atoms with Gasteiger partial charge < -0.3 is 18.9 Å². The highest BCUT2D eigenvalue weighted by atomic mass is 16.5. The summed E-state index contributed by atoms with van der Waals surface area (Å²) in [7, 11) is 3.02. The number of ether oxygens (including phenoxy) is 4. The van der Waals surface area contributed by atoms with Crippen molar-refractivity contribution in [3.8, 4) is 23.0 Å². The monoisotopic (exact) mass is 472 g/mol. The van der Waals surface area contributed by atoms with Gasteiger partial charge in [-0.15, -0.1) is 0 Å². The Kier molecular flexibility index (Phi) is 6.39. The summed E-state index contributed by atoms with van der Waals surface area (Å²) >= 11 is 0. The molecular weight excluding hydrogens is 444 g/mol. The number of rotatable bonds is 5. The molecule has 1 aliphatic heterocycles. The van der Waals surface area contributed by atoms with E-state index in [-0.39, 0.29) is 22.7 Å². The Morgan fingerprint density at radius 1 is 0.914 bits per heavy atom. The lowest BCUT2D eigenvalue weighted by atomic mass is 9.86. The van der Waals surface area contributed by atoms with E-state index in [1.54, 1.807) is 43.3 Å².